The van der Waals surface area contributed by atoms with Gasteiger partial charge in [0.1, 0.15) is 28.6 Å². The zero-order valence-corrected chi connectivity index (χ0v) is 16.9. The van der Waals surface area contributed by atoms with Gasteiger partial charge in [0.15, 0.2) is 6.10 Å². The van der Waals surface area contributed by atoms with Gasteiger partial charge in [0.25, 0.3) is 5.91 Å². The molecule has 6 nitrogen and oxygen atoms in total. The summed E-state index contributed by atoms with van der Waals surface area (Å²) in [7, 11) is 3.21. The number of methoxy groups -OCH3 is 2. The van der Waals surface area contributed by atoms with Crippen molar-refractivity contribution >= 4 is 5.91 Å². The van der Waals surface area contributed by atoms with Gasteiger partial charge in [0.2, 0.25) is 0 Å². The maximum Gasteiger partial charge on any atom is 0.261 e. The highest BCUT2D eigenvalue weighted by atomic mass is 16.5. The molecule has 0 bridgehead atoms. The number of nitrogens with one attached hydrogen (secondary N) is 1. The molecule has 3 rings (SSSR count). The first-order chi connectivity index (χ1) is 13.3. The lowest BCUT2D eigenvalue weighted by molar-refractivity contribution is -0.128. The third-order valence-electron chi connectivity index (χ3n) is 4.71. The molecule has 2 atom stereocenters. The van der Waals surface area contributed by atoms with Crippen molar-refractivity contribution in [2.45, 2.75) is 44.9 Å². The van der Waals surface area contributed by atoms with Gasteiger partial charge in [0, 0.05) is 18.1 Å². The molecule has 0 fully saturated rings. The number of rotatable bonds is 6. The molecule has 0 spiro atoms. The van der Waals surface area contributed by atoms with E-state index in [9.17, 15) is 4.79 Å². The summed E-state index contributed by atoms with van der Waals surface area (Å²) in [6, 6.07) is 12.6. The van der Waals surface area contributed by atoms with Gasteiger partial charge in [-0.15, -0.1) is 0 Å². The Bertz CT molecular complexity index is 849. The summed E-state index contributed by atoms with van der Waals surface area (Å²) >= 11 is 0. The van der Waals surface area contributed by atoms with Crippen molar-refractivity contribution in [3.05, 3.63) is 48.0 Å². The van der Waals surface area contributed by atoms with Gasteiger partial charge in [-0.1, -0.05) is 6.07 Å². The number of carbonyl (C=O) groups excluding carboxylic acids is 1. The summed E-state index contributed by atoms with van der Waals surface area (Å²) in [5.74, 6) is 2.54. The lowest BCUT2D eigenvalue weighted by Gasteiger charge is -2.38. The van der Waals surface area contributed by atoms with E-state index >= 15 is 0 Å². The second-order valence-corrected chi connectivity index (χ2v) is 7.47. The third-order valence-corrected chi connectivity index (χ3v) is 4.71. The largest absolute Gasteiger partial charge is 0.497 e. The molecule has 0 saturated heterocycles. The van der Waals surface area contributed by atoms with Crippen LogP contribution in [0.15, 0.2) is 42.5 Å². The Morgan fingerprint density at radius 2 is 1.79 bits per heavy atom. The van der Waals surface area contributed by atoms with Gasteiger partial charge >= 0.3 is 0 Å². The standard InChI is InChI=1S/C22H27NO5/c1-14(27-17-8-6-7-15(11-17)25-4)21(24)23-19-13-22(2,3)28-20-10-9-16(26-5)12-18(19)20/h6-12,14,19H,13H2,1-5H3,(H,23,24)/t14-,19+/m0/s1. The highest BCUT2D eigenvalue weighted by Gasteiger charge is 2.35. The fourth-order valence-corrected chi connectivity index (χ4v) is 3.31. The Hall–Kier alpha value is -2.89. The smallest absolute Gasteiger partial charge is 0.261 e. The van der Waals surface area contributed by atoms with Crippen LogP contribution in [0, 0.1) is 0 Å². The molecular weight excluding hydrogens is 358 g/mol. The normalized spacial score (nSPS) is 18.2. The molecule has 2 aromatic carbocycles. The van der Waals surface area contributed by atoms with E-state index in [0.29, 0.717) is 17.9 Å². The van der Waals surface area contributed by atoms with Gasteiger partial charge in [-0.2, -0.15) is 0 Å². The van der Waals surface area contributed by atoms with Crippen molar-refractivity contribution < 1.29 is 23.7 Å². The van der Waals surface area contributed by atoms with Gasteiger partial charge in [0.05, 0.1) is 20.3 Å². The molecule has 0 aliphatic carbocycles. The van der Waals surface area contributed by atoms with Gasteiger partial charge in [-0.3, -0.25) is 4.79 Å². The second-order valence-electron chi connectivity index (χ2n) is 7.47. The first-order valence-electron chi connectivity index (χ1n) is 9.29. The van der Waals surface area contributed by atoms with Crippen molar-refractivity contribution in [1.29, 1.82) is 0 Å². The maximum atomic E-state index is 12.8. The van der Waals surface area contributed by atoms with Crippen LogP contribution in [-0.2, 0) is 4.79 Å². The topological polar surface area (TPSA) is 66.0 Å². The summed E-state index contributed by atoms with van der Waals surface area (Å²) in [6.45, 7) is 5.75. The van der Waals surface area contributed by atoms with Crippen LogP contribution in [0.2, 0.25) is 0 Å². The van der Waals surface area contributed by atoms with Crippen LogP contribution in [0.1, 0.15) is 38.8 Å². The predicted molar refractivity (Wildman–Crippen MR) is 106 cm³/mol. The first-order valence-corrected chi connectivity index (χ1v) is 9.29. The Balaban J connectivity index is 1.75. The Kier molecular flexibility index (Phi) is 5.68. The van der Waals surface area contributed by atoms with Crippen LogP contribution in [0.3, 0.4) is 0 Å². The molecule has 1 amide bonds. The molecule has 1 heterocycles. The number of benzene rings is 2. The van der Waals surface area contributed by atoms with E-state index < -0.39 is 11.7 Å². The summed E-state index contributed by atoms with van der Waals surface area (Å²) in [4.78, 5) is 12.8. The molecule has 2 aromatic rings. The van der Waals surface area contributed by atoms with E-state index in [1.165, 1.54) is 0 Å². The molecular formula is C22H27NO5. The molecule has 0 saturated carbocycles. The molecule has 1 aliphatic heterocycles. The van der Waals surface area contributed by atoms with Crippen LogP contribution in [0.4, 0.5) is 0 Å². The molecule has 150 valence electrons. The van der Waals surface area contributed by atoms with Crippen LogP contribution < -0.4 is 24.3 Å². The van der Waals surface area contributed by atoms with Gasteiger partial charge in [-0.25, -0.2) is 0 Å². The van der Waals surface area contributed by atoms with E-state index in [2.05, 4.69) is 5.32 Å². The number of amides is 1. The van der Waals surface area contributed by atoms with Gasteiger partial charge < -0.3 is 24.3 Å². The quantitative estimate of drug-likeness (QED) is 0.817. The van der Waals surface area contributed by atoms with Crippen LogP contribution in [0.5, 0.6) is 23.0 Å². The van der Waals surface area contributed by atoms with Crippen molar-refractivity contribution in [1.82, 2.24) is 5.32 Å². The highest BCUT2D eigenvalue weighted by molar-refractivity contribution is 5.81. The fraction of sp³-hybridized carbons (Fsp3) is 0.409. The Morgan fingerprint density at radius 1 is 1.11 bits per heavy atom. The summed E-state index contributed by atoms with van der Waals surface area (Å²) < 4.78 is 22.4. The number of hydrogen-bond acceptors (Lipinski definition) is 5. The molecule has 6 heteroatoms. The maximum absolute atomic E-state index is 12.8. The number of ether oxygens (including phenoxy) is 4. The minimum Gasteiger partial charge on any atom is -0.497 e. The molecule has 0 unspecified atom stereocenters. The summed E-state index contributed by atoms with van der Waals surface area (Å²) in [5.41, 5.74) is 0.511. The lowest BCUT2D eigenvalue weighted by atomic mass is 9.89. The Morgan fingerprint density at radius 3 is 2.50 bits per heavy atom. The molecule has 0 radical (unpaired) electrons. The monoisotopic (exact) mass is 385 g/mol. The fourth-order valence-electron chi connectivity index (χ4n) is 3.31. The van der Waals surface area contributed by atoms with Crippen molar-refractivity contribution in [3.8, 4) is 23.0 Å². The summed E-state index contributed by atoms with van der Waals surface area (Å²) in [6.07, 6.45) is -0.0164. The van der Waals surface area contributed by atoms with E-state index in [4.69, 9.17) is 18.9 Å². The third kappa shape index (κ3) is 4.50. The summed E-state index contributed by atoms with van der Waals surface area (Å²) in [5, 5.41) is 3.10. The van der Waals surface area contributed by atoms with E-state index in [0.717, 1.165) is 17.1 Å². The number of fused-ring (bicyclic) bond motifs is 1. The van der Waals surface area contributed by atoms with Gasteiger partial charge in [-0.05, 0) is 51.1 Å². The molecule has 0 aromatic heterocycles. The lowest BCUT2D eigenvalue weighted by Crippen LogP contribution is -2.44. The number of hydrogen-bond donors (Lipinski definition) is 1. The second kappa shape index (κ2) is 8.00. The molecule has 1 N–H and O–H groups in total. The van der Waals surface area contributed by atoms with E-state index in [1.54, 1.807) is 33.3 Å². The van der Waals surface area contributed by atoms with Crippen molar-refractivity contribution in [2.24, 2.45) is 0 Å². The highest BCUT2D eigenvalue weighted by Crippen LogP contribution is 2.41. The molecule has 28 heavy (non-hydrogen) atoms. The van der Waals surface area contributed by atoms with Crippen molar-refractivity contribution in [2.75, 3.05) is 14.2 Å². The average Bonchev–Trinajstić information content (AvgIpc) is 2.67. The Labute approximate surface area is 165 Å². The minimum atomic E-state index is -0.660. The SMILES string of the molecule is COc1cccc(O[C@@H](C)C(=O)N[C@@H]2CC(C)(C)Oc3ccc(OC)cc32)c1. The van der Waals surface area contributed by atoms with Crippen LogP contribution >= 0.6 is 0 Å². The number of carbonyl (C=O) groups is 1. The van der Waals surface area contributed by atoms with E-state index in [1.807, 2.05) is 44.2 Å². The first kappa shape index (κ1) is 19.9. The van der Waals surface area contributed by atoms with Crippen LogP contribution in [-0.4, -0.2) is 31.8 Å². The van der Waals surface area contributed by atoms with E-state index in [-0.39, 0.29) is 11.9 Å². The average molecular weight is 385 g/mol. The predicted octanol–water partition coefficient (Wildman–Crippen LogP) is 3.89. The van der Waals surface area contributed by atoms with Crippen LogP contribution in [0.25, 0.3) is 0 Å². The zero-order valence-electron chi connectivity index (χ0n) is 16.9. The van der Waals surface area contributed by atoms with Crippen molar-refractivity contribution in [3.63, 3.8) is 0 Å². The molecule has 1 aliphatic rings. The minimum absolute atomic E-state index is 0.195. The zero-order chi connectivity index (χ0) is 20.3.